The molecule has 0 aliphatic rings. The van der Waals surface area contributed by atoms with Gasteiger partial charge in [-0.3, -0.25) is 4.68 Å². The highest BCUT2D eigenvalue weighted by molar-refractivity contribution is 5.85. The number of halogens is 4. The SMILES string of the molecule is CC(F)(F)COc1ccc(-c2cnn(CCN)c2)cc1F.Cl. The summed E-state index contributed by atoms with van der Waals surface area (Å²) < 4.78 is 45.7. The third-order valence-corrected chi connectivity index (χ3v) is 2.74. The van der Waals surface area contributed by atoms with Crippen molar-refractivity contribution in [3.63, 3.8) is 0 Å². The molecule has 1 heterocycles. The minimum absolute atomic E-state index is 0. The van der Waals surface area contributed by atoms with E-state index in [0.717, 1.165) is 5.56 Å². The lowest BCUT2D eigenvalue weighted by Gasteiger charge is -2.12. The maximum Gasteiger partial charge on any atom is 0.278 e. The van der Waals surface area contributed by atoms with Crippen LogP contribution in [0, 0.1) is 5.82 Å². The normalized spacial score (nSPS) is 11.1. The molecule has 0 bridgehead atoms. The molecule has 0 aliphatic heterocycles. The maximum absolute atomic E-state index is 13.8. The molecule has 1 aromatic heterocycles. The zero-order valence-electron chi connectivity index (χ0n) is 11.9. The van der Waals surface area contributed by atoms with Crippen molar-refractivity contribution in [3.05, 3.63) is 36.4 Å². The van der Waals surface area contributed by atoms with Crippen LogP contribution >= 0.6 is 12.4 Å². The first-order valence-corrected chi connectivity index (χ1v) is 6.42. The maximum atomic E-state index is 13.8. The summed E-state index contributed by atoms with van der Waals surface area (Å²) in [5, 5.41) is 4.09. The Morgan fingerprint density at radius 1 is 1.32 bits per heavy atom. The molecule has 0 atom stereocenters. The summed E-state index contributed by atoms with van der Waals surface area (Å²) in [6.07, 6.45) is 3.33. The zero-order valence-corrected chi connectivity index (χ0v) is 12.7. The third-order valence-electron chi connectivity index (χ3n) is 2.74. The van der Waals surface area contributed by atoms with Crippen molar-refractivity contribution in [2.75, 3.05) is 13.2 Å². The Morgan fingerprint density at radius 2 is 2.05 bits per heavy atom. The van der Waals surface area contributed by atoms with E-state index in [1.54, 1.807) is 23.1 Å². The first-order valence-electron chi connectivity index (χ1n) is 6.42. The van der Waals surface area contributed by atoms with Crippen LogP contribution in [0.1, 0.15) is 6.92 Å². The van der Waals surface area contributed by atoms with Crippen LogP contribution in [-0.4, -0.2) is 28.9 Å². The number of nitrogens with zero attached hydrogens (tertiary/aromatic N) is 2. The van der Waals surface area contributed by atoms with Gasteiger partial charge < -0.3 is 10.5 Å². The van der Waals surface area contributed by atoms with Crippen molar-refractivity contribution < 1.29 is 17.9 Å². The molecule has 0 aliphatic carbocycles. The molecule has 2 rings (SSSR count). The predicted molar refractivity (Wildman–Crippen MR) is 80.0 cm³/mol. The molecule has 1 aromatic carbocycles. The van der Waals surface area contributed by atoms with Crippen molar-refractivity contribution in [1.82, 2.24) is 9.78 Å². The van der Waals surface area contributed by atoms with E-state index in [1.807, 2.05) is 0 Å². The quantitative estimate of drug-likeness (QED) is 0.882. The number of aromatic nitrogens is 2. The number of benzene rings is 1. The van der Waals surface area contributed by atoms with E-state index in [-0.39, 0.29) is 18.2 Å². The molecule has 2 N–H and O–H groups in total. The molecule has 0 spiro atoms. The van der Waals surface area contributed by atoms with Crippen LogP contribution in [0.15, 0.2) is 30.6 Å². The van der Waals surface area contributed by atoms with Crippen molar-refractivity contribution in [2.24, 2.45) is 5.73 Å². The Kier molecular flexibility index (Phi) is 6.25. The molecule has 0 amide bonds. The number of alkyl halides is 2. The lowest BCUT2D eigenvalue weighted by atomic mass is 10.1. The average molecular weight is 336 g/mol. The Morgan fingerprint density at radius 3 is 2.64 bits per heavy atom. The van der Waals surface area contributed by atoms with Crippen molar-refractivity contribution >= 4 is 12.4 Å². The van der Waals surface area contributed by atoms with Gasteiger partial charge in [-0.25, -0.2) is 13.2 Å². The minimum Gasteiger partial charge on any atom is -0.484 e. The Bertz CT molecular complexity index is 614. The van der Waals surface area contributed by atoms with Gasteiger partial charge in [0.15, 0.2) is 18.2 Å². The van der Waals surface area contributed by atoms with E-state index in [2.05, 4.69) is 5.10 Å². The van der Waals surface area contributed by atoms with Crippen molar-refractivity contribution in [1.29, 1.82) is 0 Å². The first-order chi connectivity index (χ1) is 9.89. The third kappa shape index (κ3) is 4.92. The second-order valence-electron chi connectivity index (χ2n) is 4.78. The highest BCUT2D eigenvalue weighted by Crippen LogP contribution is 2.26. The molecule has 0 saturated heterocycles. The summed E-state index contributed by atoms with van der Waals surface area (Å²) in [7, 11) is 0. The van der Waals surface area contributed by atoms with Gasteiger partial charge in [-0.2, -0.15) is 5.10 Å². The van der Waals surface area contributed by atoms with Gasteiger partial charge in [0.1, 0.15) is 0 Å². The second kappa shape index (κ2) is 7.51. The molecule has 0 unspecified atom stereocenters. The van der Waals surface area contributed by atoms with Gasteiger partial charge in [-0.1, -0.05) is 6.07 Å². The zero-order chi connectivity index (χ0) is 15.5. The fourth-order valence-corrected chi connectivity index (χ4v) is 1.77. The molecule has 22 heavy (non-hydrogen) atoms. The predicted octanol–water partition coefficient (Wildman–Crippen LogP) is 3.10. The van der Waals surface area contributed by atoms with Gasteiger partial charge >= 0.3 is 0 Å². The van der Waals surface area contributed by atoms with E-state index in [9.17, 15) is 13.2 Å². The fourth-order valence-electron chi connectivity index (χ4n) is 1.77. The number of nitrogens with two attached hydrogens (primary N) is 1. The smallest absolute Gasteiger partial charge is 0.278 e. The van der Waals surface area contributed by atoms with Gasteiger partial charge in [-0.15, -0.1) is 12.4 Å². The number of hydrogen-bond acceptors (Lipinski definition) is 3. The van der Waals surface area contributed by atoms with E-state index < -0.39 is 18.3 Å². The standard InChI is InChI=1S/C14H16F3N3O.ClH/c1-14(16,17)9-21-13-3-2-10(6-12(13)15)11-7-19-20(8-11)5-4-18;/h2-3,6-8H,4-5,9,18H2,1H3;1H. The summed E-state index contributed by atoms with van der Waals surface area (Å²) in [5.74, 6) is -3.90. The van der Waals surface area contributed by atoms with Crippen LogP contribution in [0.4, 0.5) is 13.2 Å². The summed E-state index contributed by atoms with van der Waals surface area (Å²) >= 11 is 0. The van der Waals surface area contributed by atoms with E-state index in [0.29, 0.717) is 25.6 Å². The van der Waals surface area contributed by atoms with Crippen molar-refractivity contribution in [3.8, 4) is 16.9 Å². The molecule has 122 valence electrons. The summed E-state index contributed by atoms with van der Waals surface area (Å²) in [4.78, 5) is 0. The van der Waals surface area contributed by atoms with E-state index >= 15 is 0 Å². The highest BCUT2D eigenvalue weighted by Gasteiger charge is 2.22. The molecular weight excluding hydrogens is 319 g/mol. The minimum atomic E-state index is -3.01. The lowest BCUT2D eigenvalue weighted by Crippen LogP contribution is -2.21. The monoisotopic (exact) mass is 335 g/mol. The van der Waals surface area contributed by atoms with Crippen LogP contribution in [0.25, 0.3) is 11.1 Å². The molecule has 2 aromatic rings. The Labute approximate surface area is 132 Å². The van der Waals surface area contributed by atoms with Gasteiger partial charge in [0.2, 0.25) is 0 Å². The number of rotatable bonds is 6. The summed E-state index contributed by atoms with van der Waals surface area (Å²) in [6, 6.07) is 4.15. The molecular formula is C14H17ClF3N3O. The lowest BCUT2D eigenvalue weighted by molar-refractivity contribution is -0.0239. The Hall–Kier alpha value is -1.73. The topological polar surface area (TPSA) is 53.1 Å². The molecule has 8 heteroatoms. The van der Waals surface area contributed by atoms with Gasteiger partial charge in [0.25, 0.3) is 5.92 Å². The second-order valence-corrected chi connectivity index (χ2v) is 4.78. The molecule has 0 radical (unpaired) electrons. The van der Waals surface area contributed by atoms with E-state index in [1.165, 1.54) is 12.1 Å². The summed E-state index contributed by atoms with van der Waals surface area (Å²) in [6.45, 7) is 0.867. The highest BCUT2D eigenvalue weighted by atomic mass is 35.5. The fraction of sp³-hybridized carbons (Fsp3) is 0.357. The van der Waals surface area contributed by atoms with Crippen LogP contribution in [-0.2, 0) is 6.54 Å². The number of ether oxygens (including phenoxy) is 1. The Balaban J connectivity index is 0.00000242. The first kappa shape index (κ1) is 18.3. The molecule has 0 saturated carbocycles. The van der Waals surface area contributed by atoms with Crippen LogP contribution < -0.4 is 10.5 Å². The average Bonchev–Trinajstić information content (AvgIpc) is 2.85. The number of hydrogen-bond donors (Lipinski definition) is 1. The molecule has 4 nitrogen and oxygen atoms in total. The van der Waals surface area contributed by atoms with Gasteiger partial charge in [0.05, 0.1) is 12.7 Å². The largest absolute Gasteiger partial charge is 0.484 e. The van der Waals surface area contributed by atoms with Crippen LogP contribution in [0.3, 0.4) is 0 Å². The molecule has 0 fully saturated rings. The van der Waals surface area contributed by atoms with Crippen LogP contribution in [0.5, 0.6) is 5.75 Å². The summed E-state index contributed by atoms with van der Waals surface area (Å²) in [5.41, 5.74) is 6.73. The van der Waals surface area contributed by atoms with Gasteiger partial charge in [-0.05, 0) is 17.7 Å². The van der Waals surface area contributed by atoms with Crippen molar-refractivity contribution in [2.45, 2.75) is 19.4 Å². The van der Waals surface area contributed by atoms with Crippen LogP contribution in [0.2, 0.25) is 0 Å². The van der Waals surface area contributed by atoms with E-state index in [4.69, 9.17) is 10.5 Å². The van der Waals surface area contributed by atoms with Gasteiger partial charge in [0, 0.05) is 25.2 Å².